The van der Waals surface area contributed by atoms with Crippen molar-refractivity contribution in [1.29, 1.82) is 0 Å². The van der Waals surface area contributed by atoms with E-state index in [9.17, 15) is 9.59 Å². The number of aliphatic carboxylic acids is 1. The zero-order chi connectivity index (χ0) is 15.6. The molecule has 1 aliphatic rings. The lowest BCUT2D eigenvalue weighted by molar-refractivity contribution is -0.159. The van der Waals surface area contributed by atoms with E-state index in [1.54, 1.807) is 4.90 Å². The molecule has 0 saturated carbocycles. The van der Waals surface area contributed by atoms with Crippen LogP contribution in [0.3, 0.4) is 0 Å². The van der Waals surface area contributed by atoms with Gasteiger partial charge in [0.1, 0.15) is 12.2 Å². The quantitative estimate of drug-likeness (QED) is 0.902. The molecule has 1 heterocycles. The molecule has 21 heavy (non-hydrogen) atoms. The maximum atomic E-state index is 12.3. The Kier molecular flexibility index (Phi) is 4.32. The van der Waals surface area contributed by atoms with Gasteiger partial charge in [0.15, 0.2) is 0 Å². The van der Waals surface area contributed by atoms with E-state index in [1.807, 2.05) is 31.2 Å². The number of nitrogens with zero attached hydrogens (tertiary/aromatic N) is 1. The second kappa shape index (κ2) is 5.85. The monoisotopic (exact) mass is 291 g/mol. The minimum Gasteiger partial charge on any atom is -0.480 e. The number of carboxylic acid groups (broad SMARTS) is 1. The molecular weight excluding hydrogens is 270 g/mol. The highest BCUT2D eigenvalue weighted by Gasteiger charge is 2.42. The van der Waals surface area contributed by atoms with E-state index in [1.165, 1.54) is 5.56 Å². The van der Waals surface area contributed by atoms with Gasteiger partial charge in [0.25, 0.3) is 5.91 Å². The number of hydrogen-bond acceptors (Lipinski definition) is 3. The molecule has 0 atom stereocenters. The average Bonchev–Trinajstić information content (AvgIpc) is 2.41. The van der Waals surface area contributed by atoms with Crippen LogP contribution in [0, 0.1) is 0 Å². The van der Waals surface area contributed by atoms with Crippen molar-refractivity contribution in [3.05, 3.63) is 35.4 Å². The van der Waals surface area contributed by atoms with Crippen LogP contribution < -0.4 is 0 Å². The van der Waals surface area contributed by atoms with Gasteiger partial charge in [-0.05, 0) is 30.5 Å². The molecule has 0 unspecified atom stereocenters. The van der Waals surface area contributed by atoms with Crippen LogP contribution in [0.5, 0.6) is 0 Å². The van der Waals surface area contributed by atoms with Crippen LogP contribution in [-0.4, -0.2) is 47.2 Å². The number of carbonyl (C=O) groups excluding carboxylic acids is 1. The first kappa shape index (κ1) is 15.5. The number of ether oxygens (including phenoxy) is 1. The molecule has 1 fully saturated rings. The van der Waals surface area contributed by atoms with Crippen molar-refractivity contribution < 1.29 is 19.4 Å². The molecule has 2 rings (SSSR count). The molecule has 5 nitrogen and oxygen atoms in total. The SMILES string of the molecule is CC(C)c1ccc(C(=O)N2CC(C)(OCC(=O)O)C2)cc1. The Balaban J connectivity index is 1.92. The number of benzene rings is 1. The average molecular weight is 291 g/mol. The standard InChI is InChI=1S/C16H21NO4/c1-11(2)12-4-6-13(7-5-12)15(20)17-9-16(3,10-17)21-8-14(18)19/h4-7,11H,8-10H2,1-3H3,(H,18,19). The fraction of sp³-hybridized carbons (Fsp3) is 0.500. The molecule has 1 aliphatic heterocycles. The van der Waals surface area contributed by atoms with Crippen LogP contribution in [0.2, 0.25) is 0 Å². The molecular formula is C16H21NO4. The maximum Gasteiger partial charge on any atom is 0.329 e. The van der Waals surface area contributed by atoms with Crippen molar-refractivity contribution in [3.8, 4) is 0 Å². The summed E-state index contributed by atoms with van der Waals surface area (Å²) in [6.45, 7) is 6.55. The van der Waals surface area contributed by atoms with Gasteiger partial charge in [-0.25, -0.2) is 4.79 Å². The van der Waals surface area contributed by atoms with Gasteiger partial charge in [-0.15, -0.1) is 0 Å². The van der Waals surface area contributed by atoms with Crippen molar-refractivity contribution in [2.24, 2.45) is 0 Å². The molecule has 114 valence electrons. The Morgan fingerprint density at radius 2 is 1.86 bits per heavy atom. The summed E-state index contributed by atoms with van der Waals surface area (Å²) >= 11 is 0. The van der Waals surface area contributed by atoms with Crippen LogP contribution in [0.1, 0.15) is 42.6 Å². The van der Waals surface area contributed by atoms with E-state index in [0.29, 0.717) is 24.6 Å². The van der Waals surface area contributed by atoms with Crippen LogP contribution in [0.25, 0.3) is 0 Å². The van der Waals surface area contributed by atoms with Crippen LogP contribution in [0.15, 0.2) is 24.3 Å². The topological polar surface area (TPSA) is 66.8 Å². The Morgan fingerprint density at radius 1 is 1.29 bits per heavy atom. The Hall–Kier alpha value is -1.88. The van der Waals surface area contributed by atoms with Crippen LogP contribution in [0.4, 0.5) is 0 Å². The first-order valence-corrected chi connectivity index (χ1v) is 7.06. The Labute approximate surface area is 124 Å². The van der Waals surface area contributed by atoms with E-state index in [2.05, 4.69) is 13.8 Å². The van der Waals surface area contributed by atoms with Gasteiger partial charge in [0.05, 0.1) is 13.1 Å². The molecule has 0 spiro atoms. The third-order valence-corrected chi connectivity index (χ3v) is 3.71. The van der Waals surface area contributed by atoms with Crippen molar-refractivity contribution in [2.75, 3.05) is 19.7 Å². The first-order valence-electron chi connectivity index (χ1n) is 7.06. The zero-order valence-electron chi connectivity index (χ0n) is 12.6. The molecule has 0 bridgehead atoms. The number of amides is 1. The number of rotatable bonds is 5. The fourth-order valence-corrected chi connectivity index (χ4v) is 2.43. The molecule has 1 aromatic carbocycles. The molecule has 5 heteroatoms. The van der Waals surface area contributed by atoms with Gasteiger partial charge >= 0.3 is 5.97 Å². The maximum absolute atomic E-state index is 12.3. The van der Waals surface area contributed by atoms with Crippen molar-refractivity contribution >= 4 is 11.9 Å². The number of likely N-dealkylation sites (tertiary alicyclic amines) is 1. The van der Waals surface area contributed by atoms with Gasteiger partial charge in [-0.3, -0.25) is 4.79 Å². The Morgan fingerprint density at radius 3 is 2.33 bits per heavy atom. The second-order valence-electron chi connectivity index (χ2n) is 6.07. The van der Waals surface area contributed by atoms with E-state index in [4.69, 9.17) is 9.84 Å². The summed E-state index contributed by atoms with van der Waals surface area (Å²) in [6, 6.07) is 7.62. The molecule has 0 aliphatic carbocycles. The highest BCUT2D eigenvalue weighted by Crippen LogP contribution is 2.26. The smallest absolute Gasteiger partial charge is 0.329 e. The predicted octanol–water partition coefficient (Wildman–Crippen LogP) is 2.13. The number of carbonyl (C=O) groups is 2. The summed E-state index contributed by atoms with van der Waals surface area (Å²) in [4.78, 5) is 24.5. The second-order valence-corrected chi connectivity index (χ2v) is 6.07. The minimum atomic E-state index is -0.995. The van der Waals surface area contributed by atoms with Gasteiger partial charge in [0, 0.05) is 5.56 Å². The van der Waals surface area contributed by atoms with E-state index < -0.39 is 11.6 Å². The predicted molar refractivity (Wildman–Crippen MR) is 78.4 cm³/mol. The van der Waals surface area contributed by atoms with Gasteiger partial charge in [-0.2, -0.15) is 0 Å². The molecule has 1 saturated heterocycles. The molecule has 0 aromatic heterocycles. The number of hydrogen-bond donors (Lipinski definition) is 1. The third-order valence-electron chi connectivity index (χ3n) is 3.71. The van der Waals surface area contributed by atoms with E-state index >= 15 is 0 Å². The summed E-state index contributed by atoms with van der Waals surface area (Å²) in [5, 5.41) is 8.61. The first-order chi connectivity index (χ1) is 9.81. The molecule has 1 aromatic rings. The molecule has 1 amide bonds. The zero-order valence-corrected chi connectivity index (χ0v) is 12.6. The lowest BCUT2D eigenvalue weighted by atomic mass is 9.94. The lowest BCUT2D eigenvalue weighted by Gasteiger charge is -2.47. The van der Waals surface area contributed by atoms with Crippen LogP contribution in [-0.2, 0) is 9.53 Å². The van der Waals surface area contributed by atoms with Gasteiger partial charge < -0.3 is 14.7 Å². The normalized spacial score (nSPS) is 16.7. The molecule has 0 radical (unpaired) electrons. The van der Waals surface area contributed by atoms with Gasteiger partial charge in [0.2, 0.25) is 0 Å². The van der Waals surface area contributed by atoms with E-state index in [-0.39, 0.29) is 12.5 Å². The lowest BCUT2D eigenvalue weighted by Crippen LogP contribution is -2.63. The van der Waals surface area contributed by atoms with Crippen molar-refractivity contribution in [1.82, 2.24) is 4.90 Å². The van der Waals surface area contributed by atoms with Crippen LogP contribution >= 0.6 is 0 Å². The Bertz CT molecular complexity index is 530. The van der Waals surface area contributed by atoms with Crippen molar-refractivity contribution in [2.45, 2.75) is 32.3 Å². The number of carboxylic acids is 1. The summed E-state index contributed by atoms with van der Waals surface area (Å²) < 4.78 is 5.30. The van der Waals surface area contributed by atoms with E-state index in [0.717, 1.165) is 0 Å². The third kappa shape index (κ3) is 3.61. The van der Waals surface area contributed by atoms with Crippen molar-refractivity contribution in [3.63, 3.8) is 0 Å². The highest BCUT2D eigenvalue weighted by molar-refractivity contribution is 5.95. The molecule has 1 N–H and O–H groups in total. The fourth-order valence-electron chi connectivity index (χ4n) is 2.43. The summed E-state index contributed by atoms with van der Waals surface area (Å²) in [5.74, 6) is -0.599. The summed E-state index contributed by atoms with van der Waals surface area (Å²) in [7, 11) is 0. The minimum absolute atomic E-state index is 0.0401. The summed E-state index contributed by atoms with van der Waals surface area (Å²) in [5.41, 5.74) is 1.30. The largest absolute Gasteiger partial charge is 0.480 e. The summed E-state index contributed by atoms with van der Waals surface area (Å²) in [6.07, 6.45) is 0. The highest BCUT2D eigenvalue weighted by atomic mass is 16.5. The van der Waals surface area contributed by atoms with Gasteiger partial charge in [-0.1, -0.05) is 26.0 Å².